The van der Waals surface area contributed by atoms with Crippen molar-refractivity contribution in [2.24, 2.45) is 0 Å². The van der Waals surface area contributed by atoms with Gasteiger partial charge < -0.3 is 4.74 Å². The second-order valence-corrected chi connectivity index (χ2v) is 7.26. The summed E-state index contributed by atoms with van der Waals surface area (Å²) in [6.07, 6.45) is 1.41. The van der Waals surface area contributed by atoms with Crippen molar-refractivity contribution >= 4 is 26.7 Å². The monoisotopic (exact) mass is 349 g/mol. The first-order valence-electron chi connectivity index (χ1n) is 7.55. The molecule has 0 fully saturated rings. The largest absolute Gasteiger partial charge is 0.496 e. The van der Waals surface area contributed by atoms with Crippen LogP contribution in [0.4, 0.5) is 0 Å². The highest BCUT2D eigenvalue weighted by Gasteiger charge is 2.20. The number of sulfone groups is 1. The Balaban J connectivity index is 2.20. The normalized spacial score (nSPS) is 11.9. The first kappa shape index (κ1) is 16.7. The van der Waals surface area contributed by atoms with Crippen molar-refractivity contribution in [3.8, 4) is 11.8 Å². The predicted octanol–water partition coefficient (Wildman–Crippen LogP) is 4.19. The number of benzene rings is 3. The Labute approximate surface area is 146 Å². The van der Waals surface area contributed by atoms with Crippen LogP contribution in [0, 0.1) is 11.3 Å². The SMILES string of the molecule is COc1ccc(/C=C(/C#N)S(=O)(=O)c2ccccc2)c2ccccc12. The molecule has 0 bridgehead atoms. The van der Waals surface area contributed by atoms with E-state index in [1.165, 1.54) is 18.2 Å². The number of nitriles is 1. The van der Waals surface area contributed by atoms with E-state index in [1.54, 1.807) is 37.4 Å². The molecule has 0 heterocycles. The van der Waals surface area contributed by atoms with E-state index < -0.39 is 9.84 Å². The topological polar surface area (TPSA) is 67.2 Å². The van der Waals surface area contributed by atoms with Gasteiger partial charge in [0, 0.05) is 5.39 Å². The van der Waals surface area contributed by atoms with E-state index in [-0.39, 0.29) is 9.80 Å². The minimum Gasteiger partial charge on any atom is -0.496 e. The van der Waals surface area contributed by atoms with E-state index in [4.69, 9.17) is 4.74 Å². The zero-order chi connectivity index (χ0) is 17.9. The highest BCUT2D eigenvalue weighted by Crippen LogP contribution is 2.30. The summed E-state index contributed by atoms with van der Waals surface area (Å²) in [6, 6.07) is 20.8. The Bertz CT molecular complexity index is 1090. The van der Waals surface area contributed by atoms with E-state index in [0.717, 1.165) is 10.8 Å². The molecule has 0 amide bonds. The average molecular weight is 349 g/mol. The third-order valence-electron chi connectivity index (χ3n) is 3.88. The van der Waals surface area contributed by atoms with Gasteiger partial charge in [0.15, 0.2) is 0 Å². The van der Waals surface area contributed by atoms with Crippen molar-refractivity contribution in [2.75, 3.05) is 7.11 Å². The maximum absolute atomic E-state index is 12.7. The number of hydrogen-bond donors (Lipinski definition) is 0. The predicted molar refractivity (Wildman–Crippen MR) is 97.7 cm³/mol. The Morgan fingerprint density at radius 2 is 1.60 bits per heavy atom. The lowest BCUT2D eigenvalue weighted by atomic mass is 10.0. The number of allylic oxidation sites excluding steroid dienone is 1. The summed E-state index contributed by atoms with van der Waals surface area (Å²) in [4.78, 5) is -0.199. The molecule has 0 N–H and O–H groups in total. The van der Waals surface area contributed by atoms with E-state index in [1.807, 2.05) is 30.3 Å². The number of rotatable bonds is 4. The van der Waals surface area contributed by atoms with E-state index >= 15 is 0 Å². The van der Waals surface area contributed by atoms with Gasteiger partial charge in [-0.2, -0.15) is 5.26 Å². The molecule has 0 aromatic heterocycles. The van der Waals surface area contributed by atoms with Crippen LogP contribution < -0.4 is 4.74 Å². The molecule has 3 rings (SSSR count). The molecule has 0 aliphatic heterocycles. The number of nitrogens with zero attached hydrogens (tertiary/aromatic N) is 1. The van der Waals surface area contributed by atoms with Gasteiger partial charge in [-0.3, -0.25) is 0 Å². The smallest absolute Gasteiger partial charge is 0.216 e. The third kappa shape index (κ3) is 3.12. The Hall–Kier alpha value is -3.10. The Morgan fingerprint density at radius 3 is 2.24 bits per heavy atom. The van der Waals surface area contributed by atoms with Gasteiger partial charge in [0.05, 0.1) is 12.0 Å². The minimum atomic E-state index is -3.86. The van der Waals surface area contributed by atoms with Crippen LogP contribution >= 0.6 is 0 Å². The van der Waals surface area contributed by atoms with Gasteiger partial charge >= 0.3 is 0 Å². The molecule has 3 aromatic rings. The maximum atomic E-state index is 12.7. The molecule has 25 heavy (non-hydrogen) atoms. The van der Waals surface area contributed by atoms with Gasteiger partial charge in [-0.1, -0.05) is 48.5 Å². The highest BCUT2D eigenvalue weighted by atomic mass is 32.2. The molecule has 124 valence electrons. The van der Waals surface area contributed by atoms with Gasteiger partial charge in [-0.25, -0.2) is 8.42 Å². The number of methoxy groups -OCH3 is 1. The van der Waals surface area contributed by atoms with E-state index in [9.17, 15) is 13.7 Å². The molecule has 0 unspecified atom stereocenters. The average Bonchev–Trinajstić information content (AvgIpc) is 2.66. The van der Waals surface area contributed by atoms with Crippen molar-refractivity contribution < 1.29 is 13.2 Å². The Morgan fingerprint density at radius 1 is 0.960 bits per heavy atom. The highest BCUT2D eigenvalue weighted by molar-refractivity contribution is 7.95. The first-order valence-corrected chi connectivity index (χ1v) is 9.04. The van der Waals surface area contributed by atoms with Crippen molar-refractivity contribution in [1.82, 2.24) is 0 Å². The molecule has 0 atom stereocenters. The van der Waals surface area contributed by atoms with Gasteiger partial charge in [0.1, 0.15) is 16.7 Å². The molecule has 0 aliphatic rings. The number of hydrogen-bond acceptors (Lipinski definition) is 4. The minimum absolute atomic E-state index is 0.0978. The van der Waals surface area contributed by atoms with Crippen molar-refractivity contribution in [1.29, 1.82) is 5.26 Å². The zero-order valence-electron chi connectivity index (χ0n) is 13.5. The van der Waals surface area contributed by atoms with Gasteiger partial charge in [0.2, 0.25) is 9.84 Å². The lowest BCUT2D eigenvalue weighted by Crippen LogP contribution is -2.03. The number of ether oxygens (including phenoxy) is 1. The molecular weight excluding hydrogens is 334 g/mol. The van der Waals surface area contributed by atoms with Crippen molar-refractivity contribution in [3.05, 3.63) is 77.2 Å². The third-order valence-corrected chi connectivity index (χ3v) is 5.56. The summed E-state index contributed by atoms with van der Waals surface area (Å²) in [7, 11) is -2.28. The lowest BCUT2D eigenvalue weighted by Gasteiger charge is -2.09. The fourth-order valence-electron chi connectivity index (χ4n) is 2.64. The molecule has 0 saturated heterocycles. The van der Waals surface area contributed by atoms with Gasteiger partial charge in [0.25, 0.3) is 0 Å². The Kier molecular flexibility index (Phi) is 4.55. The van der Waals surface area contributed by atoms with E-state index in [0.29, 0.717) is 11.3 Å². The van der Waals surface area contributed by atoms with E-state index in [2.05, 4.69) is 0 Å². The fourth-order valence-corrected chi connectivity index (χ4v) is 3.81. The van der Waals surface area contributed by atoms with Crippen LogP contribution in [0.3, 0.4) is 0 Å². The lowest BCUT2D eigenvalue weighted by molar-refractivity contribution is 0.420. The summed E-state index contributed by atoms with van der Waals surface area (Å²) in [6.45, 7) is 0. The van der Waals surface area contributed by atoms with Crippen LogP contribution in [-0.4, -0.2) is 15.5 Å². The molecule has 3 aromatic carbocycles. The summed E-state index contributed by atoms with van der Waals surface area (Å²) in [5.41, 5.74) is 0.646. The van der Waals surface area contributed by atoms with Crippen LogP contribution in [0.25, 0.3) is 16.8 Å². The fraction of sp³-hybridized carbons (Fsp3) is 0.0500. The number of fused-ring (bicyclic) bond motifs is 1. The van der Waals surface area contributed by atoms with Crippen LogP contribution in [0.2, 0.25) is 0 Å². The summed E-state index contributed by atoms with van der Waals surface area (Å²) >= 11 is 0. The van der Waals surface area contributed by atoms with Crippen LogP contribution in [0.15, 0.2) is 76.5 Å². The first-order chi connectivity index (χ1) is 12.1. The molecule has 0 aliphatic carbocycles. The van der Waals surface area contributed by atoms with Crippen LogP contribution in [0.5, 0.6) is 5.75 Å². The second kappa shape index (κ2) is 6.80. The summed E-state index contributed by atoms with van der Waals surface area (Å²) in [5, 5.41) is 11.1. The van der Waals surface area contributed by atoms with Gasteiger partial charge in [-0.05, 0) is 35.2 Å². The van der Waals surface area contributed by atoms with Gasteiger partial charge in [-0.15, -0.1) is 0 Å². The summed E-state index contributed by atoms with van der Waals surface area (Å²) in [5.74, 6) is 0.692. The molecule has 0 spiro atoms. The molecule has 4 nitrogen and oxygen atoms in total. The molecule has 5 heteroatoms. The van der Waals surface area contributed by atoms with Crippen molar-refractivity contribution in [2.45, 2.75) is 4.90 Å². The quantitative estimate of drug-likeness (QED) is 0.663. The molecular formula is C20H15NO3S. The summed E-state index contributed by atoms with van der Waals surface area (Å²) < 4.78 is 30.8. The second-order valence-electron chi connectivity index (χ2n) is 5.34. The molecule has 0 saturated carbocycles. The van der Waals surface area contributed by atoms with Crippen LogP contribution in [-0.2, 0) is 9.84 Å². The standard InChI is InChI=1S/C20H15NO3S/c1-24-20-12-11-15(18-9-5-6-10-19(18)20)13-17(14-21)25(22,23)16-7-3-2-4-8-16/h2-13H,1H3/b17-13-. The zero-order valence-corrected chi connectivity index (χ0v) is 14.3. The molecule has 0 radical (unpaired) electrons. The van der Waals surface area contributed by atoms with Crippen LogP contribution in [0.1, 0.15) is 5.56 Å². The maximum Gasteiger partial charge on any atom is 0.216 e. The van der Waals surface area contributed by atoms with Crippen molar-refractivity contribution in [3.63, 3.8) is 0 Å².